The summed E-state index contributed by atoms with van der Waals surface area (Å²) in [6.45, 7) is 7.99. The van der Waals surface area contributed by atoms with Crippen molar-refractivity contribution in [3.05, 3.63) is 83.4 Å². The second-order valence-corrected chi connectivity index (χ2v) is 7.47. The van der Waals surface area contributed by atoms with Gasteiger partial charge in [-0.05, 0) is 50.0 Å². The van der Waals surface area contributed by atoms with E-state index in [1.807, 2.05) is 50.2 Å². The van der Waals surface area contributed by atoms with E-state index < -0.39 is 0 Å². The molecule has 4 nitrogen and oxygen atoms in total. The summed E-state index contributed by atoms with van der Waals surface area (Å²) in [5.41, 5.74) is 3.81. The number of carbonyl (C=O) groups is 2. The summed E-state index contributed by atoms with van der Waals surface area (Å²) in [4.78, 5) is 24.3. The Kier molecular flexibility index (Phi) is 5.45. The van der Waals surface area contributed by atoms with Crippen LogP contribution in [0, 0.1) is 13.8 Å². The first-order valence-corrected chi connectivity index (χ1v) is 9.27. The van der Waals surface area contributed by atoms with Gasteiger partial charge in [0, 0.05) is 23.6 Å². The molecule has 0 radical (unpaired) electrons. The van der Waals surface area contributed by atoms with Crippen LogP contribution in [0.2, 0.25) is 0 Å². The van der Waals surface area contributed by atoms with Crippen molar-refractivity contribution < 1.29 is 9.59 Å². The number of benzene rings is 2. The molecule has 2 aromatic carbocycles. The molecule has 1 aliphatic rings. The molecule has 0 aliphatic heterocycles. The molecule has 0 saturated heterocycles. The molecule has 0 atom stereocenters. The van der Waals surface area contributed by atoms with Crippen LogP contribution < -0.4 is 10.6 Å². The van der Waals surface area contributed by atoms with E-state index in [1.54, 1.807) is 0 Å². The largest absolute Gasteiger partial charge is 0.352 e. The Hall–Kier alpha value is -2.88. The fourth-order valence-corrected chi connectivity index (χ4v) is 3.83. The summed E-state index contributed by atoms with van der Waals surface area (Å²) in [6, 6.07) is 16.2. The minimum Gasteiger partial charge on any atom is -0.352 e. The Morgan fingerprint density at radius 2 is 1.85 bits per heavy atom. The Morgan fingerprint density at radius 3 is 2.52 bits per heavy atom. The monoisotopic (exact) mass is 362 g/mol. The van der Waals surface area contributed by atoms with Crippen molar-refractivity contribution in [2.24, 2.45) is 0 Å². The fraction of sp³-hybridized carbons (Fsp3) is 0.304. The molecule has 0 spiro atoms. The Bertz CT molecular complexity index is 852. The van der Waals surface area contributed by atoms with Gasteiger partial charge < -0.3 is 10.6 Å². The topological polar surface area (TPSA) is 58.2 Å². The number of rotatable bonds is 6. The van der Waals surface area contributed by atoms with Crippen LogP contribution >= 0.6 is 0 Å². The van der Waals surface area contributed by atoms with Crippen LogP contribution in [-0.4, -0.2) is 24.4 Å². The van der Waals surface area contributed by atoms with E-state index in [2.05, 4.69) is 29.3 Å². The smallest absolute Gasteiger partial charge is 0.251 e. The zero-order valence-corrected chi connectivity index (χ0v) is 15.9. The molecule has 27 heavy (non-hydrogen) atoms. The number of hydrogen-bond donors (Lipinski definition) is 2. The first-order chi connectivity index (χ1) is 12.9. The van der Waals surface area contributed by atoms with E-state index in [4.69, 9.17) is 0 Å². The Balaban J connectivity index is 1.70. The van der Waals surface area contributed by atoms with Crippen molar-refractivity contribution in [3.63, 3.8) is 0 Å². The summed E-state index contributed by atoms with van der Waals surface area (Å²) in [5, 5.41) is 6.08. The standard InChI is InChI=1S/C23H26N2O2/c1-4-21(26)24-15-23(18-8-6-5-7-9-18)13-19(14-23)25-22(27)20-12-16(2)10-11-17(20)3/h4-12,19H,1,13-15H2,2-3H3,(H,24,26)(H,25,27). The zero-order chi connectivity index (χ0) is 19.4. The lowest BCUT2D eigenvalue weighted by Gasteiger charge is -2.48. The van der Waals surface area contributed by atoms with E-state index in [1.165, 1.54) is 11.6 Å². The minimum atomic E-state index is -0.173. The molecule has 0 unspecified atom stereocenters. The van der Waals surface area contributed by atoms with Crippen LogP contribution in [0.3, 0.4) is 0 Å². The van der Waals surface area contributed by atoms with Gasteiger partial charge in [-0.2, -0.15) is 0 Å². The van der Waals surface area contributed by atoms with Gasteiger partial charge in [0.15, 0.2) is 0 Å². The van der Waals surface area contributed by atoms with Gasteiger partial charge in [-0.3, -0.25) is 9.59 Å². The predicted octanol–water partition coefficient (Wildman–Crippen LogP) is 3.44. The molecule has 0 bridgehead atoms. The number of hydrogen-bond acceptors (Lipinski definition) is 2. The lowest BCUT2D eigenvalue weighted by Crippen LogP contribution is -2.57. The number of aryl methyl sites for hydroxylation is 2. The maximum atomic E-state index is 12.7. The van der Waals surface area contributed by atoms with Crippen LogP contribution in [0.15, 0.2) is 61.2 Å². The van der Waals surface area contributed by atoms with Crippen LogP contribution in [0.4, 0.5) is 0 Å². The molecule has 4 heteroatoms. The van der Waals surface area contributed by atoms with Crippen molar-refractivity contribution in [1.82, 2.24) is 10.6 Å². The van der Waals surface area contributed by atoms with Gasteiger partial charge in [-0.15, -0.1) is 0 Å². The van der Waals surface area contributed by atoms with Gasteiger partial charge >= 0.3 is 0 Å². The summed E-state index contributed by atoms with van der Waals surface area (Å²) < 4.78 is 0. The van der Waals surface area contributed by atoms with Gasteiger partial charge in [-0.25, -0.2) is 0 Å². The van der Waals surface area contributed by atoms with Crippen LogP contribution in [0.1, 0.15) is 39.9 Å². The highest BCUT2D eigenvalue weighted by Crippen LogP contribution is 2.43. The van der Waals surface area contributed by atoms with Crippen molar-refractivity contribution in [3.8, 4) is 0 Å². The summed E-state index contributed by atoms with van der Waals surface area (Å²) >= 11 is 0. The summed E-state index contributed by atoms with van der Waals surface area (Å²) in [6.07, 6.45) is 2.88. The molecule has 1 fully saturated rings. The average molecular weight is 362 g/mol. The molecule has 140 valence electrons. The van der Waals surface area contributed by atoms with Gasteiger partial charge in [0.1, 0.15) is 0 Å². The Labute approximate surface area is 160 Å². The summed E-state index contributed by atoms with van der Waals surface area (Å²) in [5.74, 6) is -0.203. The molecule has 0 heterocycles. The molecule has 2 amide bonds. The van der Waals surface area contributed by atoms with E-state index in [-0.39, 0.29) is 23.3 Å². The maximum Gasteiger partial charge on any atom is 0.251 e. The molecule has 3 rings (SSSR count). The molecule has 1 saturated carbocycles. The van der Waals surface area contributed by atoms with Crippen LogP contribution in [-0.2, 0) is 10.2 Å². The molecule has 1 aliphatic carbocycles. The Morgan fingerprint density at radius 1 is 1.15 bits per heavy atom. The van der Waals surface area contributed by atoms with E-state index in [0.717, 1.165) is 29.5 Å². The summed E-state index contributed by atoms with van der Waals surface area (Å²) in [7, 11) is 0. The van der Waals surface area contributed by atoms with Gasteiger partial charge in [0.05, 0.1) is 0 Å². The van der Waals surface area contributed by atoms with Crippen LogP contribution in [0.25, 0.3) is 0 Å². The van der Waals surface area contributed by atoms with Crippen molar-refractivity contribution >= 4 is 11.8 Å². The van der Waals surface area contributed by atoms with Crippen molar-refractivity contribution in [2.45, 2.75) is 38.1 Å². The molecule has 2 N–H and O–H groups in total. The lowest BCUT2D eigenvalue weighted by atomic mass is 9.61. The quantitative estimate of drug-likeness (QED) is 0.774. The predicted molar refractivity (Wildman–Crippen MR) is 108 cm³/mol. The SMILES string of the molecule is C=CC(=O)NCC1(c2ccccc2)CC(NC(=O)c2cc(C)ccc2C)C1. The number of nitrogens with one attached hydrogen (secondary N) is 2. The van der Waals surface area contributed by atoms with Crippen molar-refractivity contribution in [1.29, 1.82) is 0 Å². The highest BCUT2D eigenvalue weighted by atomic mass is 16.2. The average Bonchev–Trinajstić information content (AvgIpc) is 2.65. The highest BCUT2D eigenvalue weighted by molar-refractivity contribution is 5.96. The first-order valence-electron chi connectivity index (χ1n) is 9.27. The maximum absolute atomic E-state index is 12.7. The number of amides is 2. The normalized spacial score (nSPS) is 21.0. The molecular weight excluding hydrogens is 336 g/mol. The minimum absolute atomic E-state index is 0.0296. The fourth-order valence-electron chi connectivity index (χ4n) is 3.83. The van der Waals surface area contributed by atoms with E-state index in [9.17, 15) is 9.59 Å². The first kappa shape index (κ1) is 18.9. The molecule has 0 aromatic heterocycles. The third-order valence-corrected chi connectivity index (χ3v) is 5.42. The molecular formula is C23H26N2O2. The van der Waals surface area contributed by atoms with Crippen molar-refractivity contribution in [2.75, 3.05) is 6.54 Å². The lowest BCUT2D eigenvalue weighted by molar-refractivity contribution is -0.117. The number of carbonyl (C=O) groups excluding carboxylic acids is 2. The third-order valence-electron chi connectivity index (χ3n) is 5.42. The second-order valence-electron chi connectivity index (χ2n) is 7.47. The van der Waals surface area contributed by atoms with E-state index >= 15 is 0 Å². The van der Waals surface area contributed by atoms with Gasteiger partial charge in [0.2, 0.25) is 5.91 Å². The van der Waals surface area contributed by atoms with Crippen LogP contribution in [0.5, 0.6) is 0 Å². The second kappa shape index (κ2) is 7.78. The zero-order valence-electron chi connectivity index (χ0n) is 15.9. The van der Waals surface area contributed by atoms with Gasteiger partial charge in [-0.1, -0.05) is 54.6 Å². The van der Waals surface area contributed by atoms with E-state index in [0.29, 0.717) is 6.54 Å². The highest BCUT2D eigenvalue weighted by Gasteiger charge is 2.46. The third kappa shape index (κ3) is 4.11. The van der Waals surface area contributed by atoms with Gasteiger partial charge in [0.25, 0.3) is 5.91 Å². The molecule has 2 aromatic rings.